The molecule has 1 aromatic carbocycles. The number of halogens is 1. The summed E-state index contributed by atoms with van der Waals surface area (Å²) >= 11 is 5.96. The first-order chi connectivity index (χ1) is 7.93. The monoisotopic (exact) mass is 255 g/mol. The Morgan fingerprint density at radius 3 is 2.59 bits per heavy atom. The summed E-state index contributed by atoms with van der Waals surface area (Å²) in [6, 6.07) is 3.33. The Kier molecular flexibility index (Phi) is 4.52. The van der Waals surface area contributed by atoms with Gasteiger partial charge >= 0.3 is 0 Å². The van der Waals surface area contributed by atoms with Crippen molar-refractivity contribution >= 4 is 29.0 Å². The number of rotatable bonds is 4. The number of methoxy groups -OCH3 is 1. The Labute approximate surface area is 105 Å². The Morgan fingerprint density at radius 2 is 2.06 bits per heavy atom. The van der Waals surface area contributed by atoms with Gasteiger partial charge in [0, 0.05) is 5.02 Å². The van der Waals surface area contributed by atoms with E-state index in [-0.39, 0.29) is 18.1 Å². The average Bonchev–Trinajstić information content (AvgIpc) is 2.21. The number of carbonyl (C=O) groups excluding carboxylic acids is 2. The van der Waals surface area contributed by atoms with Crippen LogP contribution in [-0.2, 0) is 9.59 Å². The normalized spacial score (nSPS) is 9.88. The molecule has 0 aliphatic carbocycles. The smallest absolute Gasteiger partial charge is 0.231 e. The van der Waals surface area contributed by atoms with Crippen LogP contribution in [0.4, 0.5) is 5.69 Å². The summed E-state index contributed by atoms with van der Waals surface area (Å²) in [5.41, 5.74) is 1.32. The van der Waals surface area contributed by atoms with E-state index in [0.717, 1.165) is 5.56 Å². The van der Waals surface area contributed by atoms with Crippen LogP contribution in [0.5, 0.6) is 5.75 Å². The van der Waals surface area contributed by atoms with Gasteiger partial charge in [-0.15, -0.1) is 0 Å². The SMILES string of the molecule is COc1cc(C)c(Cl)cc1NC(=O)CC(C)=O. The highest BCUT2D eigenvalue weighted by molar-refractivity contribution is 6.31. The van der Waals surface area contributed by atoms with Crippen LogP contribution < -0.4 is 10.1 Å². The van der Waals surface area contributed by atoms with Gasteiger partial charge in [0.05, 0.1) is 19.2 Å². The zero-order valence-electron chi connectivity index (χ0n) is 9.96. The zero-order valence-corrected chi connectivity index (χ0v) is 10.7. The third-order valence-corrected chi connectivity index (χ3v) is 2.57. The lowest BCUT2D eigenvalue weighted by molar-refractivity contribution is -0.124. The molecule has 0 heterocycles. The van der Waals surface area contributed by atoms with E-state index in [1.807, 2.05) is 6.92 Å². The van der Waals surface area contributed by atoms with Crippen molar-refractivity contribution in [1.82, 2.24) is 0 Å². The van der Waals surface area contributed by atoms with Gasteiger partial charge in [0.1, 0.15) is 11.5 Å². The zero-order chi connectivity index (χ0) is 13.0. The Balaban J connectivity index is 2.93. The minimum Gasteiger partial charge on any atom is -0.495 e. The molecule has 0 fully saturated rings. The van der Waals surface area contributed by atoms with Crippen molar-refractivity contribution in [3.05, 3.63) is 22.7 Å². The number of hydrogen-bond donors (Lipinski definition) is 1. The Hall–Kier alpha value is -1.55. The first-order valence-electron chi connectivity index (χ1n) is 5.07. The van der Waals surface area contributed by atoms with E-state index >= 15 is 0 Å². The molecule has 92 valence electrons. The predicted octanol–water partition coefficient (Wildman–Crippen LogP) is 2.57. The maximum atomic E-state index is 11.5. The van der Waals surface area contributed by atoms with Crippen LogP contribution >= 0.6 is 11.6 Å². The van der Waals surface area contributed by atoms with Gasteiger partial charge in [0.15, 0.2) is 0 Å². The van der Waals surface area contributed by atoms with Crippen molar-refractivity contribution in [2.75, 3.05) is 12.4 Å². The summed E-state index contributed by atoms with van der Waals surface area (Å²) in [7, 11) is 1.50. The summed E-state index contributed by atoms with van der Waals surface area (Å²) in [6.07, 6.45) is -0.158. The van der Waals surface area contributed by atoms with Crippen LogP contribution in [0.2, 0.25) is 5.02 Å². The molecule has 0 unspecified atom stereocenters. The lowest BCUT2D eigenvalue weighted by atomic mass is 10.2. The van der Waals surface area contributed by atoms with Gasteiger partial charge in [0.2, 0.25) is 5.91 Å². The predicted molar refractivity (Wildman–Crippen MR) is 66.7 cm³/mol. The number of nitrogens with one attached hydrogen (secondary N) is 1. The molecule has 0 bridgehead atoms. The molecule has 0 spiro atoms. The highest BCUT2D eigenvalue weighted by atomic mass is 35.5. The van der Waals surface area contributed by atoms with Crippen LogP contribution in [0, 0.1) is 6.92 Å². The molecule has 1 rings (SSSR count). The van der Waals surface area contributed by atoms with Crippen LogP contribution in [0.15, 0.2) is 12.1 Å². The number of anilines is 1. The quantitative estimate of drug-likeness (QED) is 0.842. The molecule has 0 aliphatic rings. The van der Waals surface area contributed by atoms with Crippen LogP contribution in [0.3, 0.4) is 0 Å². The molecule has 0 aromatic heterocycles. The molecule has 0 saturated carbocycles. The van der Waals surface area contributed by atoms with E-state index in [9.17, 15) is 9.59 Å². The Bertz CT molecular complexity index is 457. The van der Waals surface area contributed by atoms with Gasteiger partial charge < -0.3 is 10.1 Å². The van der Waals surface area contributed by atoms with Gasteiger partial charge in [-0.1, -0.05) is 11.6 Å². The molecule has 17 heavy (non-hydrogen) atoms. The molecule has 0 radical (unpaired) electrons. The van der Waals surface area contributed by atoms with E-state index in [4.69, 9.17) is 16.3 Å². The second-order valence-electron chi connectivity index (χ2n) is 3.73. The third kappa shape index (κ3) is 3.75. The van der Waals surface area contributed by atoms with Gasteiger partial charge in [0.25, 0.3) is 0 Å². The first-order valence-corrected chi connectivity index (χ1v) is 5.45. The number of benzene rings is 1. The topological polar surface area (TPSA) is 55.4 Å². The number of amides is 1. The largest absolute Gasteiger partial charge is 0.495 e. The van der Waals surface area contributed by atoms with E-state index in [0.29, 0.717) is 16.5 Å². The number of Topliss-reactive ketones (excluding diaryl/α,β-unsaturated/α-hetero) is 1. The lowest BCUT2D eigenvalue weighted by Crippen LogP contribution is -2.15. The van der Waals surface area contributed by atoms with Gasteiger partial charge in [-0.25, -0.2) is 0 Å². The van der Waals surface area contributed by atoms with Crippen molar-refractivity contribution in [1.29, 1.82) is 0 Å². The van der Waals surface area contributed by atoms with Crippen molar-refractivity contribution in [3.8, 4) is 5.75 Å². The minimum atomic E-state index is -0.379. The van der Waals surface area contributed by atoms with Gasteiger partial charge in [-0.3, -0.25) is 9.59 Å². The van der Waals surface area contributed by atoms with Crippen LogP contribution in [0.25, 0.3) is 0 Å². The second kappa shape index (κ2) is 5.68. The average molecular weight is 256 g/mol. The minimum absolute atomic E-state index is 0.158. The lowest BCUT2D eigenvalue weighted by Gasteiger charge is -2.11. The van der Waals surface area contributed by atoms with Crippen LogP contribution in [0.1, 0.15) is 18.9 Å². The van der Waals surface area contributed by atoms with E-state index in [1.165, 1.54) is 14.0 Å². The van der Waals surface area contributed by atoms with Gasteiger partial charge in [-0.05, 0) is 31.5 Å². The molecule has 0 aliphatic heterocycles. The fraction of sp³-hybridized carbons (Fsp3) is 0.333. The summed E-state index contributed by atoms with van der Waals surface area (Å²) in [4.78, 5) is 22.3. The summed E-state index contributed by atoms with van der Waals surface area (Å²) in [6.45, 7) is 3.20. The first kappa shape index (κ1) is 13.5. The highest BCUT2D eigenvalue weighted by Gasteiger charge is 2.11. The number of hydrogen-bond acceptors (Lipinski definition) is 3. The number of ether oxygens (including phenoxy) is 1. The molecular formula is C12H14ClNO3. The molecule has 1 amide bonds. The molecule has 0 atom stereocenters. The maximum Gasteiger partial charge on any atom is 0.231 e. The fourth-order valence-electron chi connectivity index (χ4n) is 1.34. The summed E-state index contributed by atoms with van der Waals surface area (Å²) in [5.74, 6) is -0.0563. The third-order valence-electron chi connectivity index (χ3n) is 2.16. The molecule has 1 aromatic rings. The maximum absolute atomic E-state index is 11.5. The summed E-state index contributed by atoms with van der Waals surface area (Å²) < 4.78 is 5.13. The van der Waals surface area contributed by atoms with E-state index in [2.05, 4.69) is 5.32 Å². The van der Waals surface area contributed by atoms with Crippen molar-refractivity contribution < 1.29 is 14.3 Å². The number of ketones is 1. The molecule has 0 saturated heterocycles. The Morgan fingerprint density at radius 1 is 1.41 bits per heavy atom. The molecule has 5 heteroatoms. The van der Waals surface area contributed by atoms with Crippen molar-refractivity contribution in [3.63, 3.8) is 0 Å². The molecular weight excluding hydrogens is 242 g/mol. The highest BCUT2D eigenvalue weighted by Crippen LogP contribution is 2.30. The van der Waals surface area contributed by atoms with Crippen molar-refractivity contribution in [2.24, 2.45) is 0 Å². The van der Waals surface area contributed by atoms with Crippen LogP contribution in [-0.4, -0.2) is 18.8 Å². The standard InChI is InChI=1S/C12H14ClNO3/c1-7-4-11(17-3)10(6-9(7)13)14-12(16)5-8(2)15/h4,6H,5H2,1-3H3,(H,14,16). The van der Waals surface area contributed by atoms with E-state index < -0.39 is 0 Å². The van der Waals surface area contributed by atoms with E-state index in [1.54, 1.807) is 12.1 Å². The summed E-state index contributed by atoms with van der Waals surface area (Å²) in [5, 5.41) is 3.12. The second-order valence-corrected chi connectivity index (χ2v) is 4.14. The molecule has 1 N–H and O–H groups in total. The fourth-order valence-corrected chi connectivity index (χ4v) is 1.51. The molecule has 4 nitrogen and oxygen atoms in total. The van der Waals surface area contributed by atoms with Gasteiger partial charge in [-0.2, -0.15) is 0 Å². The van der Waals surface area contributed by atoms with Crippen molar-refractivity contribution in [2.45, 2.75) is 20.3 Å². The number of aryl methyl sites for hydroxylation is 1. The number of carbonyl (C=O) groups is 2.